The van der Waals surface area contributed by atoms with Crippen LogP contribution in [0.2, 0.25) is 0 Å². The minimum Gasteiger partial charge on any atom is -0.507 e. The Hall–Kier alpha value is -4.20. The van der Waals surface area contributed by atoms with Crippen LogP contribution in [0.1, 0.15) is 40.6 Å². The zero-order valence-corrected chi connectivity index (χ0v) is 18.4. The predicted octanol–water partition coefficient (Wildman–Crippen LogP) is 3.54. The number of fused-ring (bicyclic) bond motifs is 1. The van der Waals surface area contributed by atoms with Crippen molar-refractivity contribution in [3.63, 3.8) is 0 Å². The number of amides is 2. The number of hydrogen-bond donors (Lipinski definition) is 3. The molecule has 4 rings (SSSR count). The number of aromatic nitrogens is 3. The summed E-state index contributed by atoms with van der Waals surface area (Å²) >= 11 is 0. The summed E-state index contributed by atoms with van der Waals surface area (Å²) in [6.07, 6.45) is 1.66. The van der Waals surface area contributed by atoms with Crippen LogP contribution in [0, 0.1) is 0 Å². The first kappa shape index (κ1) is 22.0. The average Bonchev–Trinajstić information content (AvgIpc) is 3.26. The molecule has 0 saturated heterocycles. The monoisotopic (exact) mass is 443 g/mol. The molecule has 2 amide bonds. The number of para-hydroxylation sites is 1. The van der Waals surface area contributed by atoms with E-state index in [0.29, 0.717) is 22.3 Å². The molecule has 2 aromatic heterocycles. The van der Waals surface area contributed by atoms with Crippen molar-refractivity contribution >= 4 is 22.8 Å². The number of phenolic OH excluding ortho intramolecular Hbond substituents is 1. The molecule has 0 fully saturated rings. The lowest BCUT2D eigenvalue weighted by Crippen LogP contribution is -2.34. The molecule has 2 aromatic carbocycles. The first-order valence-corrected chi connectivity index (χ1v) is 10.7. The van der Waals surface area contributed by atoms with Crippen molar-refractivity contribution in [3.05, 3.63) is 78.0 Å². The van der Waals surface area contributed by atoms with Crippen molar-refractivity contribution in [1.82, 2.24) is 25.4 Å². The zero-order chi connectivity index (χ0) is 23.4. The fourth-order valence-corrected chi connectivity index (χ4v) is 3.55. The lowest BCUT2D eigenvalue weighted by Gasteiger charge is -2.11. The van der Waals surface area contributed by atoms with Gasteiger partial charge in [0, 0.05) is 24.7 Å². The third-order valence-electron chi connectivity index (χ3n) is 5.21. The van der Waals surface area contributed by atoms with E-state index in [1.165, 1.54) is 12.1 Å². The molecule has 0 saturated carbocycles. The third kappa shape index (κ3) is 4.69. The normalized spacial score (nSPS) is 11.0. The van der Waals surface area contributed by atoms with E-state index in [9.17, 15) is 14.7 Å². The minimum absolute atomic E-state index is 0.0848. The number of phenols is 1. The number of aromatic hydroxyl groups is 1. The lowest BCUT2D eigenvalue weighted by atomic mass is 10.1. The van der Waals surface area contributed by atoms with Crippen molar-refractivity contribution in [2.45, 2.75) is 19.9 Å². The molecule has 0 unspecified atom stereocenters. The van der Waals surface area contributed by atoms with E-state index in [4.69, 9.17) is 4.98 Å². The summed E-state index contributed by atoms with van der Waals surface area (Å²) in [6.45, 7) is 4.46. The van der Waals surface area contributed by atoms with Gasteiger partial charge in [-0.3, -0.25) is 9.59 Å². The van der Waals surface area contributed by atoms with Gasteiger partial charge in [-0.25, -0.2) is 9.67 Å². The zero-order valence-electron chi connectivity index (χ0n) is 18.4. The van der Waals surface area contributed by atoms with Crippen LogP contribution in [0.25, 0.3) is 22.3 Å². The summed E-state index contributed by atoms with van der Waals surface area (Å²) < 4.78 is 1.80. The van der Waals surface area contributed by atoms with Gasteiger partial charge in [-0.05, 0) is 32.0 Å². The number of hydrogen-bond acceptors (Lipinski definition) is 5. The molecule has 0 atom stereocenters. The predicted molar refractivity (Wildman–Crippen MR) is 126 cm³/mol. The number of benzene rings is 2. The Balaban J connectivity index is 1.52. The first-order valence-electron chi connectivity index (χ1n) is 10.7. The highest BCUT2D eigenvalue weighted by Gasteiger charge is 2.18. The summed E-state index contributed by atoms with van der Waals surface area (Å²) in [5.74, 6) is -0.772. The highest BCUT2D eigenvalue weighted by Crippen LogP contribution is 2.26. The maximum atomic E-state index is 13.1. The molecular weight excluding hydrogens is 418 g/mol. The van der Waals surface area contributed by atoms with E-state index in [1.807, 2.05) is 44.2 Å². The summed E-state index contributed by atoms with van der Waals surface area (Å²) in [4.78, 5) is 30.1. The van der Waals surface area contributed by atoms with Crippen molar-refractivity contribution in [3.8, 4) is 17.0 Å². The van der Waals surface area contributed by atoms with E-state index in [-0.39, 0.29) is 36.4 Å². The van der Waals surface area contributed by atoms with Gasteiger partial charge < -0.3 is 15.7 Å². The van der Waals surface area contributed by atoms with Crippen LogP contribution in [-0.2, 0) is 0 Å². The molecule has 0 aliphatic carbocycles. The van der Waals surface area contributed by atoms with Crippen molar-refractivity contribution in [2.24, 2.45) is 0 Å². The molecule has 8 nitrogen and oxygen atoms in total. The van der Waals surface area contributed by atoms with Gasteiger partial charge in [-0.15, -0.1) is 0 Å². The van der Waals surface area contributed by atoms with Gasteiger partial charge in [0.1, 0.15) is 5.75 Å². The van der Waals surface area contributed by atoms with Crippen LogP contribution in [0.4, 0.5) is 0 Å². The summed E-state index contributed by atoms with van der Waals surface area (Å²) in [6, 6.07) is 17.8. The van der Waals surface area contributed by atoms with Gasteiger partial charge >= 0.3 is 0 Å². The molecule has 2 heterocycles. The Morgan fingerprint density at radius 3 is 2.24 bits per heavy atom. The van der Waals surface area contributed by atoms with Gasteiger partial charge in [0.25, 0.3) is 11.8 Å². The van der Waals surface area contributed by atoms with Crippen molar-refractivity contribution in [1.29, 1.82) is 0 Å². The lowest BCUT2D eigenvalue weighted by molar-refractivity contribution is 0.0927. The maximum Gasteiger partial charge on any atom is 0.255 e. The van der Waals surface area contributed by atoms with E-state index >= 15 is 0 Å². The number of rotatable bonds is 7. The van der Waals surface area contributed by atoms with Crippen LogP contribution in [0.15, 0.2) is 66.9 Å². The molecule has 0 aliphatic heterocycles. The van der Waals surface area contributed by atoms with Crippen LogP contribution < -0.4 is 10.6 Å². The highest BCUT2D eigenvalue weighted by molar-refractivity contribution is 6.06. The van der Waals surface area contributed by atoms with Crippen LogP contribution in [-0.4, -0.2) is 44.8 Å². The number of nitrogens with one attached hydrogen (secondary N) is 2. The molecule has 0 bridgehead atoms. The first-order chi connectivity index (χ1) is 16.0. The van der Waals surface area contributed by atoms with Crippen molar-refractivity contribution < 1.29 is 14.7 Å². The standard InChI is InChI=1S/C25H25N5O3/c1-16(2)30-23-20(15-28-30)19(14-21(29-23)17-8-4-3-5-9-17)25(33)27-13-12-26-24(32)18-10-6-7-11-22(18)31/h3-11,14-16,31H,12-13H2,1-2H3,(H,26,32)(H,27,33). The number of pyridine rings is 1. The van der Waals surface area contributed by atoms with Crippen LogP contribution in [0.3, 0.4) is 0 Å². The Bertz CT molecular complexity index is 1300. The number of carbonyl (C=O) groups excluding carboxylic acids is 2. The molecule has 0 aliphatic rings. The fraction of sp³-hybridized carbons (Fsp3) is 0.200. The van der Waals surface area contributed by atoms with Gasteiger partial charge in [-0.2, -0.15) is 5.10 Å². The Kier molecular flexibility index (Phi) is 6.35. The van der Waals surface area contributed by atoms with Gasteiger partial charge in [-0.1, -0.05) is 42.5 Å². The molecule has 33 heavy (non-hydrogen) atoms. The molecule has 0 spiro atoms. The summed E-state index contributed by atoms with van der Waals surface area (Å²) in [5.41, 5.74) is 2.89. The van der Waals surface area contributed by atoms with Gasteiger partial charge in [0.2, 0.25) is 0 Å². The molecule has 4 aromatic rings. The molecule has 168 valence electrons. The van der Waals surface area contributed by atoms with Crippen molar-refractivity contribution in [2.75, 3.05) is 13.1 Å². The van der Waals surface area contributed by atoms with E-state index in [1.54, 1.807) is 29.1 Å². The quantitative estimate of drug-likeness (QED) is 0.379. The fourth-order valence-electron chi connectivity index (χ4n) is 3.55. The minimum atomic E-state index is -0.404. The molecule has 8 heteroatoms. The van der Waals surface area contributed by atoms with E-state index < -0.39 is 5.91 Å². The summed E-state index contributed by atoms with van der Waals surface area (Å²) in [5, 5.41) is 20.4. The summed E-state index contributed by atoms with van der Waals surface area (Å²) in [7, 11) is 0. The second-order valence-corrected chi connectivity index (χ2v) is 7.87. The SMILES string of the molecule is CC(C)n1ncc2c(C(=O)NCCNC(=O)c3ccccc3O)cc(-c3ccccc3)nc21. The van der Waals surface area contributed by atoms with E-state index in [0.717, 1.165) is 5.56 Å². The average molecular weight is 444 g/mol. The largest absolute Gasteiger partial charge is 0.507 e. The highest BCUT2D eigenvalue weighted by atomic mass is 16.3. The van der Waals surface area contributed by atoms with Gasteiger partial charge in [0.05, 0.1) is 28.4 Å². The molecular formula is C25H25N5O3. The third-order valence-corrected chi connectivity index (χ3v) is 5.21. The maximum absolute atomic E-state index is 13.1. The van der Waals surface area contributed by atoms with Crippen LogP contribution >= 0.6 is 0 Å². The smallest absolute Gasteiger partial charge is 0.255 e. The number of carbonyl (C=O) groups is 2. The second-order valence-electron chi connectivity index (χ2n) is 7.87. The number of nitrogens with zero attached hydrogens (tertiary/aromatic N) is 3. The second kappa shape index (κ2) is 9.52. The Morgan fingerprint density at radius 1 is 0.939 bits per heavy atom. The Morgan fingerprint density at radius 2 is 1.58 bits per heavy atom. The van der Waals surface area contributed by atoms with Gasteiger partial charge in [0.15, 0.2) is 5.65 Å². The molecule has 0 radical (unpaired) electrons. The van der Waals surface area contributed by atoms with Crippen LogP contribution in [0.5, 0.6) is 5.75 Å². The topological polar surface area (TPSA) is 109 Å². The molecule has 3 N–H and O–H groups in total. The Labute approximate surface area is 191 Å². The van der Waals surface area contributed by atoms with E-state index in [2.05, 4.69) is 15.7 Å².